The fourth-order valence-electron chi connectivity index (χ4n) is 1.52. The molecule has 0 aromatic heterocycles. The Hall–Kier alpha value is -1.75. The van der Waals surface area contributed by atoms with E-state index in [-0.39, 0.29) is 40.8 Å². The standard InChI is InChI=1S/C13H18O5/c1-7(14)13-11(16)5-10(15)6-12(13)18-9(3)8(2)17-4/h5-6,8-9,15-16H,1-4H3/t8?,9-/m1/s1. The number of hydrogen-bond donors (Lipinski definition) is 2. The van der Waals surface area contributed by atoms with E-state index in [0.717, 1.165) is 6.07 Å². The summed E-state index contributed by atoms with van der Waals surface area (Å²) in [5.41, 5.74) is 0.0583. The third kappa shape index (κ3) is 3.13. The highest BCUT2D eigenvalue weighted by Crippen LogP contribution is 2.34. The zero-order chi connectivity index (χ0) is 13.9. The average Bonchev–Trinajstić information content (AvgIpc) is 2.26. The van der Waals surface area contributed by atoms with Crippen molar-refractivity contribution in [3.8, 4) is 17.2 Å². The Labute approximate surface area is 106 Å². The van der Waals surface area contributed by atoms with Crippen molar-refractivity contribution >= 4 is 5.78 Å². The van der Waals surface area contributed by atoms with Crippen molar-refractivity contribution in [3.63, 3.8) is 0 Å². The third-order valence-corrected chi connectivity index (χ3v) is 2.76. The number of Topliss-reactive ketones (excluding diaryl/α,β-unsaturated/α-hetero) is 1. The van der Waals surface area contributed by atoms with Gasteiger partial charge >= 0.3 is 0 Å². The molecule has 5 nitrogen and oxygen atoms in total. The average molecular weight is 254 g/mol. The minimum atomic E-state index is -0.334. The molecule has 0 radical (unpaired) electrons. The maximum Gasteiger partial charge on any atom is 0.167 e. The van der Waals surface area contributed by atoms with E-state index >= 15 is 0 Å². The van der Waals surface area contributed by atoms with E-state index in [0.29, 0.717) is 0 Å². The quantitative estimate of drug-likeness (QED) is 0.787. The summed E-state index contributed by atoms with van der Waals surface area (Å²) in [7, 11) is 1.55. The monoisotopic (exact) mass is 254 g/mol. The van der Waals surface area contributed by atoms with E-state index < -0.39 is 0 Å². The van der Waals surface area contributed by atoms with E-state index in [2.05, 4.69) is 0 Å². The summed E-state index contributed by atoms with van der Waals surface area (Å²) in [6.45, 7) is 4.92. The second-order valence-electron chi connectivity index (χ2n) is 4.16. The number of ketones is 1. The van der Waals surface area contributed by atoms with E-state index in [4.69, 9.17) is 9.47 Å². The first-order valence-corrected chi connectivity index (χ1v) is 5.63. The van der Waals surface area contributed by atoms with Crippen LogP contribution in [0.25, 0.3) is 0 Å². The lowest BCUT2D eigenvalue weighted by molar-refractivity contribution is 0.0226. The van der Waals surface area contributed by atoms with Crippen LogP contribution in [0, 0.1) is 0 Å². The Bertz CT molecular complexity index is 441. The molecule has 0 fully saturated rings. The van der Waals surface area contributed by atoms with Crippen LogP contribution in [0.1, 0.15) is 31.1 Å². The molecule has 2 atom stereocenters. The summed E-state index contributed by atoms with van der Waals surface area (Å²) < 4.78 is 10.7. The summed E-state index contributed by atoms with van der Waals surface area (Å²) in [5.74, 6) is -0.643. The minimum Gasteiger partial charge on any atom is -0.508 e. The van der Waals surface area contributed by atoms with Gasteiger partial charge in [0.1, 0.15) is 28.9 Å². The van der Waals surface area contributed by atoms with Crippen molar-refractivity contribution in [2.45, 2.75) is 33.0 Å². The van der Waals surface area contributed by atoms with Crippen molar-refractivity contribution < 1.29 is 24.5 Å². The maximum atomic E-state index is 11.5. The van der Waals surface area contributed by atoms with Crippen LogP contribution >= 0.6 is 0 Å². The number of phenolic OH excluding ortho intramolecular Hbond substituents is 2. The van der Waals surface area contributed by atoms with E-state index in [1.54, 1.807) is 14.0 Å². The molecule has 0 aliphatic rings. The van der Waals surface area contributed by atoms with Crippen molar-refractivity contribution in [1.29, 1.82) is 0 Å². The summed E-state index contributed by atoms with van der Waals surface area (Å²) in [4.78, 5) is 11.5. The van der Waals surface area contributed by atoms with Gasteiger partial charge in [-0.25, -0.2) is 0 Å². The lowest BCUT2D eigenvalue weighted by atomic mass is 10.1. The topological polar surface area (TPSA) is 76.0 Å². The molecular formula is C13H18O5. The van der Waals surface area contributed by atoms with Crippen molar-refractivity contribution in [3.05, 3.63) is 17.7 Å². The second kappa shape index (κ2) is 5.73. The van der Waals surface area contributed by atoms with Crippen LogP contribution < -0.4 is 4.74 Å². The Balaban J connectivity index is 3.11. The van der Waals surface area contributed by atoms with Crippen LogP contribution in [-0.2, 0) is 4.74 Å². The Morgan fingerprint density at radius 2 is 1.83 bits per heavy atom. The summed E-state index contributed by atoms with van der Waals surface area (Å²) >= 11 is 0. The molecule has 2 N–H and O–H groups in total. The number of phenols is 2. The third-order valence-electron chi connectivity index (χ3n) is 2.76. The van der Waals surface area contributed by atoms with Crippen LogP contribution in [0.5, 0.6) is 17.2 Å². The molecule has 1 aromatic rings. The molecule has 18 heavy (non-hydrogen) atoms. The number of aromatic hydroxyl groups is 2. The molecule has 0 heterocycles. The molecule has 1 rings (SSSR count). The number of benzene rings is 1. The van der Waals surface area contributed by atoms with Gasteiger partial charge in [0.25, 0.3) is 0 Å². The molecular weight excluding hydrogens is 236 g/mol. The summed E-state index contributed by atoms with van der Waals surface area (Å²) in [6, 6.07) is 2.41. The molecule has 0 spiro atoms. The molecule has 0 aliphatic carbocycles. The normalized spacial score (nSPS) is 14.0. The Morgan fingerprint density at radius 3 is 2.33 bits per heavy atom. The molecule has 0 bridgehead atoms. The largest absolute Gasteiger partial charge is 0.508 e. The van der Waals surface area contributed by atoms with Gasteiger partial charge < -0.3 is 19.7 Å². The molecule has 0 amide bonds. The SMILES string of the molecule is COC(C)[C@@H](C)Oc1cc(O)cc(O)c1C(C)=O. The van der Waals surface area contributed by atoms with Gasteiger partial charge in [0, 0.05) is 19.2 Å². The lowest BCUT2D eigenvalue weighted by Gasteiger charge is -2.21. The Kier molecular flexibility index (Phi) is 4.55. The van der Waals surface area contributed by atoms with Crippen molar-refractivity contribution in [1.82, 2.24) is 0 Å². The van der Waals surface area contributed by atoms with Gasteiger partial charge in [-0.3, -0.25) is 4.79 Å². The lowest BCUT2D eigenvalue weighted by Crippen LogP contribution is -2.28. The zero-order valence-corrected chi connectivity index (χ0v) is 10.9. The summed E-state index contributed by atoms with van der Waals surface area (Å²) in [5, 5.41) is 19.1. The summed E-state index contributed by atoms with van der Waals surface area (Å²) in [6.07, 6.45) is -0.511. The molecule has 0 saturated carbocycles. The fraction of sp³-hybridized carbons (Fsp3) is 0.462. The first-order chi connectivity index (χ1) is 8.36. The predicted octanol–water partition coefficient (Wildman–Crippen LogP) is 2.10. The van der Waals surface area contributed by atoms with Gasteiger partial charge in [0.15, 0.2) is 5.78 Å². The fourth-order valence-corrected chi connectivity index (χ4v) is 1.52. The second-order valence-corrected chi connectivity index (χ2v) is 4.16. The zero-order valence-electron chi connectivity index (χ0n) is 10.9. The van der Waals surface area contributed by atoms with Crippen LogP contribution in [0.2, 0.25) is 0 Å². The minimum absolute atomic E-state index is 0.0583. The van der Waals surface area contributed by atoms with Crippen molar-refractivity contribution in [2.24, 2.45) is 0 Å². The first kappa shape index (κ1) is 14.3. The van der Waals surface area contributed by atoms with E-state index in [9.17, 15) is 15.0 Å². The molecule has 1 unspecified atom stereocenters. The first-order valence-electron chi connectivity index (χ1n) is 5.63. The smallest absolute Gasteiger partial charge is 0.167 e. The van der Waals surface area contributed by atoms with Crippen LogP contribution in [0.4, 0.5) is 0 Å². The maximum absolute atomic E-state index is 11.5. The predicted molar refractivity (Wildman–Crippen MR) is 66.3 cm³/mol. The molecule has 100 valence electrons. The van der Waals surface area contributed by atoms with Gasteiger partial charge in [-0.1, -0.05) is 0 Å². The van der Waals surface area contributed by atoms with Crippen molar-refractivity contribution in [2.75, 3.05) is 7.11 Å². The number of methoxy groups -OCH3 is 1. The molecule has 0 saturated heterocycles. The van der Waals surface area contributed by atoms with Gasteiger partial charge in [-0.05, 0) is 20.8 Å². The highest BCUT2D eigenvalue weighted by molar-refractivity contribution is 5.99. The number of rotatable bonds is 5. The van der Waals surface area contributed by atoms with Gasteiger partial charge in [0.05, 0.1) is 6.10 Å². The van der Waals surface area contributed by atoms with Gasteiger partial charge in [-0.15, -0.1) is 0 Å². The van der Waals surface area contributed by atoms with Crippen LogP contribution in [0.15, 0.2) is 12.1 Å². The highest BCUT2D eigenvalue weighted by Gasteiger charge is 2.20. The molecule has 5 heteroatoms. The number of hydrogen-bond acceptors (Lipinski definition) is 5. The van der Waals surface area contributed by atoms with Crippen LogP contribution in [0.3, 0.4) is 0 Å². The highest BCUT2D eigenvalue weighted by atomic mass is 16.5. The van der Waals surface area contributed by atoms with Crippen LogP contribution in [-0.4, -0.2) is 35.3 Å². The number of carbonyl (C=O) groups excluding carboxylic acids is 1. The van der Waals surface area contributed by atoms with E-state index in [1.165, 1.54) is 13.0 Å². The van der Waals surface area contributed by atoms with E-state index in [1.807, 2.05) is 6.92 Å². The number of carbonyl (C=O) groups is 1. The molecule has 0 aliphatic heterocycles. The van der Waals surface area contributed by atoms with Gasteiger partial charge in [0.2, 0.25) is 0 Å². The number of ether oxygens (including phenoxy) is 2. The molecule has 1 aromatic carbocycles. The Morgan fingerprint density at radius 1 is 1.22 bits per heavy atom. The van der Waals surface area contributed by atoms with Gasteiger partial charge in [-0.2, -0.15) is 0 Å².